The highest BCUT2D eigenvalue weighted by Gasteiger charge is 2.13. The predicted octanol–water partition coefficient (Wildman–Crippen LogP) is 4.59. The van der Waals surface area contributed by atoms with E-state index in [9.17, 15) is 0 Å². The number of ether oxygens (including phenoxy) is 4. The summed E-state index contributed by atoms with van der Waals surface area (Å²) in [5.41, 5.74) is 2.54. The summed E-state index contributed by atoms with van der Waals surface area (Å²) in [6.45, 7) is 0. The van der Waals surface area contributed by atoms with Crippen molar-refractivity contribution in [1.29, 1.82) is 0 Å². The zero-order valence-corrected chi connectivity index (χ0v) is 15.8. The van der Waals surface area contributed by atoms with Gasteiger partial charge >= 0.3 is 0 Å². The van der Waals surface area contributed by atoms with E-state index in [1.165, 1.54) is 11.3 Å². The maximum atomic E-state index is 5.46. The van der Waals surface area contributed by atoms with Crippen LogP contribution in [0.3, 0.4) is 0 Å². The number of anilines is 2. The molecule has 0 saturated carbocycles. The molecule has 0 spiro atoms. The van der Waals surface area contributed by atoms with Gasteiger partial charge in [0, 0.05) is 23.1 Å². The number of hydrogen-bond acceptors (Lipinski definition) is 7. The van der Waals surface area contributed by atoms with E-state index in [0.29, 0.717) is 11.5 Å². The van der Waals surface area contributed by atoms with E-state index < -0.39 is 0 Å². The van der Waals surface area contributed by atoms with Gasteiger partial charge in [0.1, 0.15) is 23.0 Å². The Hall–Kier alpha value is -2.93. The van der Waals surface area contributed by atoms with Gasteiger partial charge in [-0.05, 0) is 24.3 Å². The van der Waals surface area contributed by atoms with Gasteiger partial charge in [0.2, 0.25) is 0 Å². The molecule has 0 unspecified atom stereocenters. The van der Waals surface area contributed by atoms with Crippen molar-refractivity contribution in [2.45, 2.75) is 0 Å². The fraction of sp³-hybridized carbons (Fsp3) is 0.211. The van der Waals surface area contributed by atoms with E-state index in [1.807, 2.05) is 41.8 Å². The van der Waals surface area contributed by atoms with Crippen LogP contribution in [-0.4, -0.2) is 33.4 Å². The lowest BCUT2D eigenvalue weighted by Crippen LogP contribution is -1.95. The highest BCUT2D eigenvalue weighted by Crippen LogP contribution is 2.37. The molecule has 7 heteroatoms. The number of nitrogens with zero attached hydrogens (tertiary/aromatic N) is 1. The molecule has 1 heterocycles. The third-order valence-corrected chi connectivity index (χ3v) is 4.60. The van der Waals surface area contributed by atoms with Crippen LogP contribution in [0.15, 0.2) is 41.8 Å². The number of methoxy groups -OCH3 is 4. The molecule has 0 aliphatic rings. The molecule has 3 rings (SSSR count). The Morgan fingerprint density at radius 3 is 2.12 bits per heavy atom. The molecule has 0 atom stereocenters. The van der Waals surface area contributed by atoms with Crippen LogP contribution in [0, 0.1) is 0 Å². The second kappa shape index (κ2) is 7.97. The lowest BCUT2D eigenvalue weighted by atomic mass is 10.1. The first-order valence-corrected chi connectivity index (χ1v) is 8.73. The Morgan fingerprint density at radius 2 is 1.46 bits per heavy atom. The van der Waals surface area contributed by atoms with Crippen LogP contribution < -0.4 is 24.3 Å². The number of hydrogen-bond donors (Lipinski definition) is 1. The van der Waals surface area contributed by atoms with Crippen molar-refractivity contribution >= 4 is 22.2 Å². The number of benzene rings is 2. The highest BCUT2D eigenvalue weighted by molar-refractivity contribution is 7.14. The lowest BCUT2D eigenvalue weighted by molar-refractivity contribution is 0.395. The third-order valence-electron chi connectivity index (χ3n) is 3.84. The minimum absolute atomic E-state index is 0.683. The fourth-order valence-corrected chi connectivity index (χ4v) is 3.20. The van der Waals surface area contributed by atoms with Crippen molar-refractivity contribution in [3.8, 4) is 34.3 Å². The number of aromatic nitrogens is 1. The Kier molecular flexibility index (Phi) is 5.48. The first kappa shape index (κ1) is 17.9. The molecule has 2 aromatic carbocycles. The molecule has 0 fully saturated rings. The van der Waals surface area contributed by atoms with Gasteiger partial charge in [-0.2, -0.15) is 0 Å². The molecule has 136 valence electrons. The monoisotopic (exact) mass is 372 g/mol. The van der Waals surface area contributed by atoms with Gasteiger partial charge in [-0.3, -0.25) is 0 Å². The van der Waals surface area contributed by atoms with Crippen molar-refractivity contribution < 1.29 is 18.9 Å². The summed E-state index contributed by atoms with van der Waals surface area (Å²) < 4.78 is 21.3. The zero-order valence-electron chi connectivity index (χ0n) is 15.0. The summed E-state index contributed by atoms with van der Waals surface area (Å²) >= 11 is 1.50. The van der Waals surface area contributed by atoms with Crippen molar-refractivity contribution in [1.82, 2.24) is 4.98 Å². The van der Waals surface area contributed by atoms with Gasteiger partial charge < -0.3 is 24.3 Å². The van der Waals surface area contributed by atoms with Crippen molar-refractivity contribution in [3.63, 3.8) is 0 Å². The molecule has 3 aromatic rings. The Balaban J connectivity index is 1.87. The quantitative estimate of drug-likeness (QED) is 0.655. The van der Waals surface area contributed by atoms with Crippen LogP contribution in [0.25, 0.3) is 11.3 Å². The largest absolute Gasteiger partial charge is 0.497 e. The van der Waals surface area contributed by atoms with E-state index in [4.69, 9.17) is 18.9 Å². The van der Waals surface area contributed by atoms with Crippen LogP contribution in [0.4, 0.5) is 10.8 Å². The lowest BCUT2D eigenvalue weighted by Gasteiger charge is -2.11. The molecule has 0 saturated heterocycles. The summed E-state index contributed by atoms with van der Waals surface area (Å²) in [7, 11) is 6.50. The molecule has 1 N–H and O–H groups in total. The number of rotatable bonds is 7. The third kappa shape index (κ3) is 3.67. The van der Waals surface area contributed by atoms with Crippen molar-refractivity contribution in [2.24, 2.45) is 0 Å². The molecular weight excluding hydrogens is 352 g/mol. The second-order valence-electron chi connectivity index (χ2n) is 5.30. The molecule has 0 aliphatic carbocycles. The van der Waals surface area contributed by atoms with Gasteiger partial charge in [0.25, 0.3) is 0 Å². The predicted molar refractivity (Wildman–Crippen MR) is 103 cm³/mol. The molecule has 0 bridgehead atoms. The summed E-state index contributed by atoms with van der Waals surface area (Å²) in [6, 6.07) is 11.2. The van der Waals surface area contributed by atoms with E-state index >= 15 is 0 Å². The molecule has 0 radical (unpaired) electrons. The molecule has 1 aromatic heterocycles. The van der Waals surface area contributed by atoms with Crippen molar-refractivity contribution in [3.05, 3.63) is 41.8 Å². The van der Waals surface area contributed by atoms with E-state index in [2.05, 4.69) is 10.3 Å². The first-order valence-electron chi connectivity index (χ1n) is 7.85. The molecule has 26 heavy (non-hydrogen) atoms. The SMILES string of the molecule is COc1ccc(Nc2nc(-c3ccc(OC)cc3OC)cs2)c(OC)c1. The van der Waals surface area contributed by atoms with Crippen LogP contribution >= 0.6 is 11.3 Å². The van der Waals surface area contributed by atoms with Gasteiger partial charge in [-0.25, -0.2) is 4.98 Å². The minimum Gasteiger partial charge on any atom is -0.497 e. The summed E-state index contributed by atoms with van der Waals surface area (Å²) in [5.74, 6) is 2.86. The summed E-state index contributed by atoms with van der Waals surface area (Å²) in [5, 5.41) is 6.01. The fourth-order valence-electron chi connectivity index (χ4n) is 2.48. The van der Waals surface area contributed by atoms with Crippen LogP contribution in [0.5, 0.6) is 23.0 Å². The zero-order chi connectivity index (χ0) is 18.5. The highest BCUT2D eigenvalue weighted by atomic mass is 32.1. The second-order valence-corrected chi connectivity index (χ2v) is 6.15. The van der Waals surface area contributed by atoms with E-state index in [-0.39, 0.29) is 0 Å². The molecule has 0 amide bonds. The Labute approximate surface area is 156 Å². The van der Waals surface area contributed by atoms with Gasteiger partial charge in [-0.1, -0.05) is 0 Å². The van der Waals surface area contributed by atoms with E-state index in [1.54, 1.807) is 28.4 Å². The topological polar surface area (TPSA) is 61.8 Å². The maximum absolute atomic E-state index is 5.46. The Morgan fingerprint density at radius 1 is 0.808 bits per heavy atom. The van der Waals surface area contributed by atoms with Gasteiger partial charge in [-0.15, -0.1) is 11.3 Å². The molecule has 6 nitrogen and oxygen atoms in total. The molecular formula is C19H20N2O4S. The van der Waals surface area contributed by atoms with Crippen LogP contribution in [-0.2, 0) is 0 Å². The van der Waals surface area contributed by atoms with Gasteiger partial charge in [0.05, 0.1) is 39.8 Å². The van der Waals surface area contributed by atoms with Crippen molar-refractivity contribution in [2.75, 3.05) is 33.8 Å². The number of nitrogens with one attached hydrogen (secondary N) is 1. The standard InChI is InChI=1S/C19H20N2O4S/c1-22-12-5-7-14(17(9-12)24-3)16-11-26-19(21-16)20-15-8-6-13(23-2)10-18(15)25-4/h5-11H,1-4H3,(H,20,21). The summed E-state index contributed by atoms with van der Waals surface area (Å²) in [6.07, 6.45) is 0. The molecule has 0 aliphatic heterocycles. The number of thiazole rings is 1. The van der Waals surface area contributed by atoms with E-state index in [0.717, 1.165) is 33.6 Å². The Bertz CT molecular complexity index is 895. The maximum Gasteiger partial charge on any atom is 0.187 e. The first-order chi connectivity index (χ1) is 12.7. The average Bonchev–Trinajstić information content (AvgIpc) is 3.15. The van der Waals surface area contributed by atoms with Gasteiger partial charge in [0.15, 0.2) is 5.13 Å². The smallest absolute Gasteiger partial charge is 0.187 e. The average molecular weight is 372 g/mol. The minimum atomic E-state index is 0.683. The normalized spacial score (nSPS) is 10.3. The summed E-state index contributed by atoms with van der Waals surface area (Å²) in [4.78, 5) is 4.66. The van der Waals surface area contributed by atoms with Crippen LogP contribution in [0.2, 0.25) is 0 Å². The van der Waals surface area contributed by atoms with Crippen LogP contribution in [0.1, 0.15) is 0 Å².